The number of nitrogens with zero attached hydrogens (tertiary/aromatic N) is 5. The van der Waals surface area contributed by atoms with Crippen molar-refractivity contribution < 1.29 is 9.32 Å². The summed E-state index contributed by atoms with van der Waals surface area (Å²) in [6.07, 6.45) is 5.93. The molecule has 4 rings (SSSR count). The van der Waals surface area contributed by atoms with Crippen LogP contribution in [0.2, 0.25) is 0 Å². The summed E-state index contributed by atoms with van der Waals surface area (Å²) in [4.78, 5) is 17.1. The van der Waals surface area contributed by atoms with Gasteiger partial charge in [-0.3, -0.25) is 4.79 Å². The second-order valence-electron chi connectivity index (χ2n) is 7.53. The monoisotopic (exact) mass is 359 g/mol. The maximum atomic E-state index is 12.7. The maximum absolute atomic E-state index is 12.7. The fourth-order valence-corrected chi connectivity index (χ4v) is 3.24. The molecule has 2 aromatic heterocycles. The molecule has 9 heteroatoms. The predicted octanol–water partition coefficient (Wildman–Crippen LogP) is 1.59. The van der Waals surface area contributed by atoms with Crippen molar-refractivity contribution in [1.82, 2.24) is 35.8 Å². The van der Waals surface area contributed by atoms with Gasteiger partial charge in [-0.15, -0.1) is 5.10 Å². The molecule has 1 aliphatic carbocycles. The summed E-state index contributed by atoms with van der Waals surface area (Å²) < 4.78 is 7.21. The molecule has 0 aromatic carbocycles. The number of hydrogen-bond donors (Lipinski definition) is 2. The minimum atomic E-state index is -0.341. The Hall–Kier alpha value is -2.29. The molecule has 2 N–H and O–H groups in total. The van der Waals surface area contributed by atoms with E-state index < -0.39 is 0 Å². The third kappa shape index (κ3) is 3.62. The maximum Gasteiger partial charge on any atom is 0.274 e. The summed E-state index contributed by atoms with van der Waals surface area (Å²) in [5, 5.41) is 18.5. The van der Waals surface area contributed by atoms with Gasteiger partial charge in [0, 0.05) is 5.92 Å². The van der Waals surface area contributed by atoms with Crippen LogP contribution in [0.3, 0.4) is 0 Å². The van der Waals surface area contributed by atoms with Crippen LogP contribution in [0.1, 0.15) is 79.7 Å². The quantitative estimate of drug-likeness (QED) is 0.805. The van der Waals surface area contributed by atoms with Gasteiger partial charge in [-0.25, -0.2) is 4.68 Å². The van der Waals surface area contributed by atoms with Crippen LogP contribution >= 0.6 is 0 Å². The van der Waals surface area contributed by atoms with Crippen molar-refractivity contribution in [2.45, 2.75) is 57.5 Å². The van der Waals surface area contributed by atoms with Crippen LogP contribution in [-0.2, 0) is 0 Å². The lowest BCUT2D eigenvalue weighted by Gasteiger charge is -2.22. The molecule has 1 unspecified atom stereocenters. The summed E-state index contributed by atoms with van der Waals surface area (Å²) in [5.41, 5.74) is 0.316. The van der Waals surface area contributed by atoms with Crippen LogP contribution in [0.5, 0.6) is 0 Å². The Morgan fingerprint density at radius 1 is 1.31 bits per heavy atom. The Balaban J connectivity index is 1.45. The summed E-state index contributed by atoms with van der Waals surface area (Å²) in [5.74, 6) is 1.47. The van der Waals surface area contributed by atoms with Gasteiger partial charge in [0.25, 0.3) is 5.91 Å². The van der Waals surface area contributed by atoms with Crippen LogP contribution in [0.15, 0.2) is 10.7 Å². The average Bonchev–Trinajstić information content (AvgIpc) is 3.19. The largest absolute Gasteiger partial charge is 0.339 e. The SMILES string of the molecule is CC(C)C(NC(=O)c1cn(C2CCNCC2)nn1)c1nc(C2CC2)no1. The van der Waals surface area contributed by atoms with Crippen molar-refractivity contribution in [2.75, 3.05) is 13.1 Å². The first kappa shape index (κ1) is 17.1. The van der Waals surface area contributed by atoms with Gasteiger partial charge in [0.05, 0.1) is 12.2 Å². The minimum absolute atomic E-state index is 0.117. The standard InChI is InChI=1S/C17H25N7O2/c1-10(2)14(17-20-15(22-26-17)11-3-4-11)19-16(25)13-9-24(23-21-13)12-5-7-18-8-6-12/h9-12,14,18H,3-8H2,1-2H3,(H,19,25). The van der Waals surface area contributed by atoms with Gasteiger partial charge >= 0.3 is 0 Å². The van der Waals surface area contributed by atoms with Crippen LogP contribution in [0.25, 0.3) is 0 Å². The molecule has 0 radical (unpaired) electrons. The Labute approximate surface area is 151 Å². The van der Waals surface area contributed by atoms with Crippen molar-refractivity contribution in [1.29, 1.82) is 0 Å². The van der Waals surface area contributed by atoms with Crippen LogP contribution < -0.4 is 10.6 Å². The van der Waals surface area contributed by atoms with Gasteiger partial charge in [-0.2, -0.15) is 4.98 Å². The van der Waals surface area contributed by atoms with Crippen molar-refractivity contribution in [3.8, 4) is 0 Å². The highest BCUT2D eigenvalue weighted by Gasteiger charge is 2.32. The van der Waals surface area contributed by atoms with Gasteiger partial charge in [-0.1, -0.05) is 24.2 Å². The molecule has 1 saturated heterocycles. The molecular weight excluding hydrogens is 334 g/mol. The van der Waals surface area contributed by atoms with E-state index in [1.807, 2.05) is 13.8 Å². The first-order chi connectivity index (χ1) is 12.6. The molecule has 1 aliphatic heterocycles. The summed E-state index contributed by atoms with van der Waals surface area (Å²) in [7, 11) is 0. The highest BCUT2D eigenvalue weighted by atomic mass is 16.5. The summed E-state index contributed by atoms with van der Waals surface area (Å²) in [6, 6.07) is -0.0465. The third-order valence-corrected chi connectivity index (χ3v) is 5.04. The van der Waals surface area contributed by atoms with E-state index in [0.29, 0.717) is 23.5 Å². The molecule has 0 bridgehead atoms. The van der Waals surface area contributed by atoms with Gasteiger partial charge in [0.1, 0.15) is 6.04 Å². The summed E-state index contributed by atoms with van der Waals surface area (Å²) >= 11 is 0. The first-order valence-electron chi connectivity index (χ1n) is 9.38. The van der Waals surface area contributed by atoms with Gasteiger partial charge in [0.2, 0.25) is 5.89 Å². The van der Waals surface area contributed by atoms with Gasteiger partial charge in [0.15, 0.2) is 11.5 Å². The lowest BCUT2D eigenvalue weighted by atomic mass is 10.0. The molecule has 2 aliphatic rings. The average molecular weight is 359 g/mol. The van der Waals surface area contributed by atoms with Crippen molar-refractivity contribution in [3.05, 3.63) is 23.6 Å². The number of carbonyl (C=O) groups is 1. The molecule has 1 atom stereocenters. The molecule has 9 nitrogen and oxygen atoms in total. The summed E-state index contributed by atoms with van der Waals surface area (Å²) in [6.45, 7) is 5.94. The first-order valence-corrected chi connectivity index (χ1v) is 9.38. The topological polar surface area (TPSA) is 111 Å². The molecule has 2 aromatic rings. The lowest BCUT2D eigenvalue weighted by Crippen LogP contribution is -2.32. The Morgan fingerprint density at radius 2 is 2.08 bits per heavy atom. The number of carbonyl (C=O) groups excluding carboxylic acids is 1. The number of rotatable bonds is 6. The van der Waals surface area contributed by atoms with E-state index in [-0.39, 0.29) is 17.9 Å². The van der Waals surface area contributed by atoms with Gasteiger partial charge < -0.3 is 15.2 Å². The normalized spacial score (nSPS) is 19.7. The Kier molecular flexibility index (Phi) is 4.71. The van der Waals surface area contributed by atoms with Gasteiger partial charge in [-0.05, 0) is 44.7 Å². The second kappa shape index (κ2) is 7.14. The Morgan fingerprint density at radius 3 is 2.77 bits per heavy atom. The number of nitrogens with one attached hydrogen (secondary N) is 2. The zero-order chi connectivity index (χ0) is 18.1. The number of piperidine rings is 1. The zero-order valence-corrected chi connectivity index (χ0v) is 15.2. The molecule has 140 valence electrons. The molecular formula is C17H25N7O2. The zero-order valence-electron chi connectivity index (χ0n) is 15.2. The van der Waals surface area contributed by atoms with E-state index in [1.54, 1.807) is 10.9 Å². The van der Waals surface area contributed by atoms with E-state index in [0.717, 1.165) is 44.6 Å². The lowest BCUT2D eigenvalue weighted by molar-refractivity contribution is 0.0908. The molecule has 0 spiro atoms. The fraction of sp³-hybridized carbons (Fsp3) is 0.706. The molecule has 3 heterocycles. The second-order valence-corrected chi connectivity index (χ2v) is 7.53. The third-order valence-electron chi connectivity index (χ3n) is 5.04. The highest BCUT2D eigenvalue weighted by Crippen LogP contribution is 2.38. The number of aromatic nitrogens is 5. The molecule has 1 saturated carbocycles. The van der Waals surface area contributed by atoms with Crippen molar-refractivity contribution in [2.24, 2.45) is 5.92 Å². The van der Waals surface area contributed by atoms with Crippen LogP contribution in [0.4, 0.5) is 0 Å². The van der Waals surface area contributed by atoms with E-state index >= 15 is 0 Å². The van der Waals surface area contributed by atoms with Crippen molar-refractivity contribution in [3.63, 3.8) is 0 Å². The van der Waals surface area contributed by atoms with E-state index in [9.17, 15) is 4.79 Å². The van der Waals surface area contributed by atoms with Crippen LogP contribution in [-0.4, -0.2) is 44.1 Å². The van der Waals surface area contributed by atoms with Crippen molar-refractivity contribution >= 4 is 5.91 Å². The van der Waals surface area contributed by atoms with Crippen LogP contribution in [0, 0.1) is 5.92 Å². The highest BCUT2D eigenvalue weighted by molar-refractivity contribution is 5.92. The van der Waals surface area contributed by atoms with E-state index in [2.05, 4.69) is 31.1 Å². The number of hydrogen-bond acceptors (Lipinski definition) is 7. The van der Waals surface area contributed by atoms with E-state index in [4.69, 9.17) is 4.52 Å². The van der Waals surface area contributed by atoms with E-state index in [1.165, 1.54) is 0 Å². The fourth-order valence-electron chi connectivity index (χ4n) is 3.24. The molecule has 26 heavy (non-hydrogen) atoms. The molecule has 1 amide bonds. The number of amides is 1. The minimum Gasteiger partial charge on any atom is -0.339 e. The Bertz CT molecular complexity index is 759. The smallest absolute Gasteiger partial charge is 0.274 e. The molecule has 2 fully saturated rings. The predicted molar refractivity (Wildman–Crippen MR) is 92.5 cm³/mol.